The van der Waals surface area contributed by atoms with Crippen LogP contribution in [0.1, 0.15) is 46.1 Å². The highest BCUT2D eigenvalue weighted by Gasteiger charge is 2.43. The minimum Gasteiger partial charge on any atom is -0.399 e. The van der Waals surface area contributed by atoms with Gasteiger partial charge < -0.3 is 5.73 Å². The summed E-state index contributed by atoms with van der Waals surface area (Å²) < 4.78 is 0. The maximum atomic E-state index is 5.76. The number of rotatable bonds is 1. The van der Waals surface area contributed by atoms with E-state index in [1.807, 2.05) is 12.1 Å². The van der Waals surface area contributed by atoms with E-state index < -0.39 is 0 Å². The van der Waals surface area contributed by atoms with E-state index in [9.17, 15) is 0 Å². The lowest BCUT2D eigenvalue weighted by Gasteiger charge is -2.26. The predicted molar refractivity (Wildman–Crippen MR) is 75.0 cm³/mol. The molecule has 0 radical (unpaired) electrons. The molecule has 1 saturated carbocycles. The van der Waals surface area contributed by atoms with Crippen molar-refractivity contribution >= 4 is 5.69 Å². The van der Waals surface area contributed by atoms with Crippen LogP contribution in [0.2, 0.25) is 0 Å². The number of hydrogen-bond acceptors (Lipinski definition) is 1. The maximum absolute atomic E-state index is 5.76. The molecule has 1 unspecified atom stereocenters. The Labute approximate surface area is 105 Å². The topological polar surface area (TPSA) is 26.0 Å². The van der Waals surface area contributed by atoms with E-state index in [0.29, 0.717) is 5.41 Å². The summed E-state index contributed by atoms with van der Waals surface area (Å²) in [5, 5.41) is 0. The first-order valence-corrected chi connectivity index (χ1v) is 6.39. The Kier molecular flexibility index (Phi) is 2.81. The molecule has 0 spiro atoms. The lowest BCUT2D eigenvalue weighted by Crippen LogP contribution is -2.19. The highest BCUT2D eigenvalue weighted by atomic mass is 14.5. The molecule has 0 bridgehead atoms. The van der Waals surface area contributed by atoms with Crippen LogP contribution in [-0.2, 0) is 5.41 Å². The van der Waals surface area contributed by atoms with Crippen molar-refractivity contribution in [3.63, 3.8) is 0 Å². The van der Waals surface area contributed by atoms with Crippen LogP contribution in [0.15, 0.2) is 35.9 Å². The third-order valence-electron chi connectivity index (χ3n) is 4.24. The van der Waals surface area contributed by atoms with Gasteiger partial charge in [-0.05, 0) is 48.3 Å². The number of anilines is 1. The molecule has 1 aromatic carbocycles. The van der Waals surface area contributed by atoms with Crippen LogP contribution in [-0.4, -0.2) is 0 Å². The molecule has 1 aliphatic carbocycles. The molecule has 2 N–H and O–H groups in total. The quantitative estimate of drug-likeness (QED) is 0.564. The van der Waals surface area contributed by atoms with Gasteiger partial charge in [-0.3, -0.25) is 0 Å². The van der Waals surface area contributed by atoms with Crippen molar-refractivity contribution in [2.75, 3.05) is 5.73 Å². The molecule has 1 heteroatoms. The number of hydrogen-bond donors (Lipinski definition) is 1. The second kappa shape index (κ2) is 3.90. The largest absolute Gasteiger partial charge is 0.399 e. The van der Waals surface area contributed by atoms with Crippen LogP contribution in [0, 0.1) is 5.41 Å². The third kappa shape index (κ3) is 2.11. The summed E-state index contributed by atoms with van der Waals surface area (Å²) in [6.07, 6.45) is 4.67. The highest BCUT2D eigenvalue weighted by Crippen LogP contribution is 2.53. The minimum atomic E-state index is 0.263. The average molecular weight is 229 g/mol. The lowest BCUT2D eigenvalue weighted by molar-refractivity contribution is 0.377. The third-order valence-corrected chi connectivity index (χ3v) is 4.24. The van der Waals surface area contributed by atoms with Crippen molar-refractivity contribution in [1.82, 2.24) is 0 Å². The summed E-state index contributed by atoms with van der Waals surface area (Å²) in [6, 6.07) is 8.40. The van der Waals surface area contributed by atoms with Gasteiger partial charge in [-0.15, -0.1) is 0 Å². The molecular weight excluding hydrogens is 206 g/mol. The van der Waals surface area contributed by atoms with Crippen molar-refractivity contribution in [3.8, 4) is 0 Å². The van der Waals surface area contributed by atoms with E-state index in [0.717, 1.165) is 5.69 Å². The van der Waals surface area contributed by atoms with Crippen LogP contribution >= 0.6 is 0 Å². The molecule has 2 rings (SSSR count). The molecule has 0 saturated heterocycles. The standard InChI is InChI=1S/C16H23N/c1-5-12-10-16(4,11-15(12,2)3)13-6-8-14(17)9-7-13/h5-9H,10-11,17H2,1-4H3/b12-5+. The first-order chi connectivity index (χ1) is 7.87. The van der Waals surface area contributed by atoms with Gasteiger partial charge in [0.05, 0.1) is 0 Å². The van der Waals surface area contributed by atoms with Crippen LogP contribution in [0.4, 0.5) is 5.69 Å². The molecule has 0 aromatic heterocycles. The molecule has 1 nitrogen and oxygen atoms in total. The van der Waals surface area contributed by atoms with Crippen molar-refractivity contribution in [2.45, 2.75) is 46.0 Å². The SMILES string of the molecule is C/C=C1\CC(C)(c2ccc(N)cc2)CC1(C)C. The van der Waals surface area contributed by atoms with Crippen molar-refractivity contribution in [1.29, 1.82) is 0 Å². The zero-order valence-corrected chi connectivity index (χ0v) is 11.4. The number of nitrogen functional groups attached to an aromatic ring is 1. The summed E-state index contributed by atoms with van der Waals surface area (Å²) >= 11 is 0. The van der Waals surface area contributed by atoms with Gasteiger partial charge in [0.1, 0.15) is 0 Å². The van der Waals surface area contributed by atoms with Gasteiger partial charge in [0.15, 0.2) is 0 Å². The zero-order valence-electron chi connectivity index (χ0n) is 11.4. The Morgan fingerprint density at radius 3 is 2.18 bits per heavy atom. The van der Waals surface area contributed by atoms with Gasteiger partial charge in [0, 0.05) is 5.69 Å². The Morgan fingerprint density at radius 1 is 1.12 bits per heavy atom. The molecule has 1 aliphatic rings. The Hall–Kier alpha value is -1.24. The van der Waals surface area contributed by atoms with E-state index in [-0.39, 0.29) is 5.41 Å². The fourth-order valence-electron chi connectivity index (χ4n) is 3.39. The van der Waals surface area contributed by atoms with Crippen molar-refractivity contribution in [2.24, 2.45) is 5.41 Å². The summed E-state index contributed by atoms with van der Waals surface area (Å²) in [5.41, 5.74) is 10.2. The highest BCUT2D eigenvalue weighted by molar-refractivity contribution is 5.43. The van der Waals surface area contributed by atoms with Gasteiger partial charge in [-0.2, -0.15) is 0 Å². The summed E-state index contributed by atoms with van der Waals surface area (Å²) in [6.45, 7) is 9.23. The maximum Gasteiger partial charge on any atom is 0.0314 e. The van der Waals surface area contributed by atoms with Gasteiger partial charge in [-0.1, -0.05) is 44.6 Å². The zero-order chi connectivity index (χ0) is 12.7. The van der Waals surface area contributed by atoms with E-state index in [1.165, 1.54) is 18.4 Å². The summed E-state index contributed by atoms with van der Waals surface area (Å²) in [7, 11) is 0. The van der Waals surface area contributed by atoms with Gasteiger partial charge in [-0.25, -0.2) is 0 Å². The average Bonchev–Trinajstić information content (AvgIpc) is 2.50. The smallest absolute Gasteiger partial charge is 0.0314 e. The molecule has 0 heterocycles. The Morgan fingerprint density at radius 2 is 1.71 bits per heavy atom. The second-order valence-corrected chi connectivity index (χ2v) is 6.23. The van der Waals surface area contributed by atoms with E-state index in [2.05, 4.69) is 45.9 Å². The lowest BCUT2D eigenvalue weighted by atomic mass is 9.78. The molecule has 1 aromatic rings. The Bertz CT molecular complexity index is 439. The predicted octanol–water partition coefficient (Wildman–Crippen LogP) is 4.29. The van der Waals surface area contributed by atoms with Crippen LogP contribution in [0.3, 0.4) is 0 Å². The van der Waals surface area contributed by atoms with Crippen LogP contribution < -0.4 is 5.73 Å². The van der Waals surface area contributed by atoms with Gasteiger partial charge in [0.25, 0.3) is 0 Å². The summed E-state index contributed by atoms with van der Waals surface area (Å²) in [5.74, 6) is 0. The molecular formula is C16H23N. The Balaban J connectivity index is 2.37. The van der Waals surface area contributed by atoms with Crippen molar-refractivity contribution in [3.05, 3.63) is 41.5 Å². The molecule has 92 valence electrons. The fourth-order valence-corrected chi connectivity index (χ4v) is 3.39. The normalized spacial score (nSPS) is 29.8. The first kappa shape index (κ1) is 12.2. The van der Waals surface area contributed by atoms with E-state index >= 15 is 0 Å². The second-order valence-electron chi connectivity index (χ2n) is 6.23. The number of nitrogens with two attached hydrogens (primary N) is 1. The first-order valence-electron chi connectivity index (χ1n) is 6.39. The molecule has 17 heavy (non-hydrogen) atoms. The number of allylic oxidation sites excluding steroid dienone is 2. The van der Waals surface area contributed by atoms with Crippen LogP contribution in [0.5, 0.6) is 0 Å². The summed E-state index contributed by atoms with van der Waals surface area (Å²) in [4.78, 5) is 0. The molecule has 1 atom stereocenters. The van der Waals surface area contributed by atoms with Crippen molar-refractivity contribution < 1.29 is 0 Å². The molecule has 0 amide bonds. The van der Waals surface area contributed by atoms with Gasteiger partial charge in [0.2, 0.25) is 0 Å². The van der Waals surface area contributed by atoms with Gasteiger partial charge >= 0.3 is 0 Å². The van der Waals surface area contributed by atoms with E-state index in [1.54, 1.807) is 5.57 Å². The minimum absolute atomic E-state index is 0.263. The monoisotopic (exact) mass is 229 g/mol. The van der Waals surface area contributed by atoms with E-state index in [4.69, 9.17) is 5.73 Å². The molecule has 1 fully saturated rings. The molecule has 0 aliphatic heterocycles. The fraction of sp³-hybridized carbons (Fsp3) is 0.500. The number of benzene rings is 1. The van der Waals surface area contributed by atoms with Crippen LogP contribution in [0.25, 0.3) is 0 Å².